The SMILES string of the molecule is O=C(c1ccc(F)c(S)c1)N(Cc1cccs1)C1CC1. The molecule has 20 heavy (non-hydrogen) atoms. The lowest BCUT2D eigenvalue weighted by molar-refractivity contribution is 0.0731. The molecule has 2 nitrogen and oxygen atoms in total. The third kappa shape index (κ3) is 2.88. The molecular formula is C15H14FNOS2. The number of halogens is 1. The Hall–Kier alpha value is -1.33. The summed E-state index contributed by atoms with van der Waals surface area (Å²) in [5.74, 6) is -0.447. The third-order valence-electron chi connectivity index (χ3n) is 3.35. The Labute approximate surface area is 126 Å². The van der Waals surface area contributed by atoms with Gasteiger partial charge in [0.25, 0.3) is 5.91 Å². The first-order chi connectivity index (χ1) is 9.65. The van der Waals surface area contributed by atoms with Crippen molar-refractivity contribution in [2.24, 2.45) is 0 Å². The highest BCUT2D eigenvalue weighted by Crippen LogP contribution is 2.31. The van der Waals surface area contributed by atoms with Crippen LogP contribution in [-0.2, 0) is 6.54 Å². The number of thiophene rings is 1. The molecule has 1 aliphatic rings. The lowest BCUT2D eigenvalue weighted by Gasteiger charge is -2.22. The van der Waals surface area contributed by atoms with Gasteiger partial charge in [0.05, 0.1) is 6.54 Å². The molecule has 1 aromatic heterocycles. The van der Waals surface area contributed by atoms with Crippen LogP contribution in [0.3, 0.4) is 0 Å². The smallest absolute Gasteiger partial charge is 0.254 e. The van der Waals surface area contributed by atoms with Crippen LogP contribution in [0.15, 0.2) is 40.6 Å². The molecule has 0 spiro atoms. The summed E-state index contributed by atoms with van der Waals surface area (Å²) in [6, 6.07) is 8.66. The van der Waals surface area contributed by atoms with E-state index in [0.717, 1.165) is 12.8 Å². The van der Waals surface area contributed by atoms with E-state index in [0.29, 0.717) is 18.2 Å². The second-order valence-corrected chi connectivity index (χ2v) is 6.42. The standard InChI is InChI=1S/C15H14FNOS2/c16-13-6-3-10(8-14(13)19)15(18)17(11-4-5-11)9-12-2-1-7-20-12/h1-3,6-8,11,19H,4-5,9H2. The molecule has 2 aromatic rings. The Kier molecular flexibility index (Phi) is 3.81. The number of carbonyl (C=O) groups excluding carboxylic acids is 1. The molecule has 3 rings (SSSR count). The highest BCUT2D eigenvalue weighted by Gasteiger charge is 2.33. The van der Waals surface area contributed by atoms with Crippen molar-refractivity contribution in [3.63, 3.8) is 0 Å². The van der Waals surface area contributed by atoms with Crippen LogP contribution in [0.2, 0.25) is 0 Å². The van der Waals surface area contributed by atoms with Gasteiger partial charge < -0.3 is 4.90 Å². The predicted octanol–water partition coefficient (Wildman–Crippen LogP) is 3.98. The van der Waals surface area contributed by atoms with Crippen molar-refractivity contribution in [2.45, 2.75) is 30.3 Å². The largest absolute Gasteiger partial charge is 0.331 e. The van der Waals surface area contributed by atoms with E-state index in [4.69, 9.17) is 0 Å². The van der Waals surface area contributed by atoms with Crippen molar-refractivity contribution in [1.29, 1.82) is 0 Å². The molecule has 1 aliphatic carbocycles. The average Bonchev–Trinajstić information content (AvgIpc) is 3.15. The number of thiol groups is 1. The highest BCUT2D eigenvalue weighted by molar-refractivity contribution is 7.80. The number of rotatable bonds is 4. The fraction of sp³-hybridized carbons (Fsp3) is 0.267. The minimum atomic E-state index is -0.402. The molecule has 1 aromatic carbocycles. The van der Waals surface area contributed by atoms with E-state index >= 15 is 0 Å². The first-order valence-corrected chi connectivity index (χ1v) is 7.79. The fourth-order valence-electron chi connectivity index (χ4n) is 2.13. The van der Waals surface area contributed by atoms with Gasteiger partial charge in [0.2, 0.25) is 0 Å². The van der Waals surface area contributed by atoms with E-state index in [1.807, 2.05) is 22.4 Å². The van der Waals surface area contributed by atoms with Crippen LogP contribution in [0.25, 0.3) is 0 Å². The molecule has 104 valence electrons. The number of hydrogen-bond acceptors (Lipinski definition) is 3. The average molecular weight is 307 g/mol. The fourth-order valence-corrected chi connectivity index (χ4v) is 3.05. The molecule has 0 bridgehead atoms. The van der Waals surface area contributed by atoms with Crippen molar-refractivity contribution < 1.29 is 9.18 Å². The molecule has 1 amide bonds. The number of carbonyl (C=O) groups is 1. The third-order valence-corrected chi connectivity index (χ3v) is 4.55. The van der Waals surface area contributed by atoms with Crippen molar-refractivity contribution in [1.82, 2.24) is 4.90 Å². The van der Waals surface area contributed by atoms with Gasteiger partial charge in [-0.3, -0.25) is 4.79 Å². The summed E-state index contributed by atoms with van der Waals surface area (Å²) in [5.41, 5.74) is 0.500. The van der Waals surface area contributed by atoms with Crippen LogP contribution < -0.4 is 0 Å². The Morgan fingerprint density at radius 1 is 1.40 bits per heavy atom. The van der Waals surface area contributed by atoms with E-state index in [1.54, 1.807) is 11.3 Å². The van der Waals surface area contributed by atoms with Crippen LogP contribution in [0.5, 0.6) is 0 Å². The maximum atomic E-state index is 13.2. The zero-order valence-electron chi connectivity index (χ0n) is 10.8. The molecule has 1 saturated carbocycles. The zero-order valence-corrected chi connectivity index (χ0v) is 12.5. The molecule has 5 heteroatoms. The second-order valence-electron chi connectivity index (χ2n) is 4.91. The summed E-state index contributed by atoms with van der Waals surface area (Å²) >= 11 is 5.69. The maximum absolute atomic E-state index is 13.2. The van der Waals surface area contributed by atoms with Gasteiger partial charge in [-0.25, -0.2) is 4.39 Å². The predicted molar refractivity (Wildman–Crippen MR) is 80.9 cm³/mol. The van der Waals surface area contributed by atoms with Crippen LogP contribution in [-0.4, -0.2) is 16.8 Å². The number of nitrogens with zero attached hydrogens (tertiary/aromatic N) is 1. The van der Waals surface area contributed by atoms with E-state index in [-0.39, 0.29) is 10.8 Å². The summed E-state index contributed by atoms with van der Waals surface area (Å²) in [4.78, 5) is 15.8. The molecule has 0 saturated heterocycles. The van der Waals surface area contributed by atoms with E-state index in [9.17, 15) is 9.18 Å². The lowest BCUT2D eigenvalue weighted by Crippen LogP contribution is -2.32. The molecule has 0 atom stereocenters. The van der Waals surface area contributed by atoms with Gasteiger partial charge in [-0.05, 0) is 42.5 Å². The van der Waals surface area contributed by atoms with Crippen LogP contribution >= 0.6 is 24.0 Å². The van der Waals surface area contributed by atoms with E-state index in [1.165, 1.54) is 23.1 Å². The van der Waals surface area contributed by atoms with Crippen molar-refractivity contribution >= 4 is 29.9 Å². The van der Waals surface area contributed by atoms with Crippen molar-refractivity contribution in [2.75, 3.05) is 0 Å². The molecule has 0 aliphatic heterocycles. The van der Waals surface area contributed by atoms with Gasteiger partial charge >= 0.3 is 0 Å². The van der Waals surface area contributed by atoms with Gasteiger partial charge in [-0.2, -0.15) is 0 Å². The van der Waals surface area contributed by atoms with Crippen LogP contribution in [0.1, 0.15) is 28.1 Å². The summed E-state index contributed by atoms with van der Waals surface area (Å²) in [7, 11) is 0. The first kappa shape index (κ1) is 13.6. The summed E-state index contributed by atoms with van der Waals surface area (Å²) in [5, 5.41) is 2.01. The Morgan fingerprint density at radius 2 is 2.20 bits per heavy atom. The van der Waals surface area contributed by atoms with Gasteiger partial charge in [-0.1, -0.05) is 6.07 Å². The van der Waals surface area contributed by atoms with Crippen LogP contribution in [0.4, 0.5) is 4.39 Å². The maximum Gasteiger partial charge on any atom is 0.254 e. The minimum Gasteiger partial charge on any atom is -0.331 e. The quantitative estimate of drug-likeness (QED) is 0.847. The number of hydrogen-bond donors (Lipinski definition) is 1. The minimum absolute atomic E-state index is 0.0452. The monoisotopic (exact) mass is 307 g/mol. The van der Waals surface area contributed by atoms with Crippen LogP contribution in [0, 0.1) is 5.82 Å². The summed E-state index contributed by atoms with van der Waals surface area (Å²) in [6.45, 7) is 0.625. The van der Waals surface area contributed by atoms with Gasteiger partial charge in [-0.15, -0.1) is 24.0 Å². The lowest BCUT2D eigenvalue weighted by atomic mass is 10.2. The molecule has 1 fully saturated rings. The molecular weight excluding hydrogens is 293 g/mol. The van der Waals surface area contributed by atoms with Gasteiger partial charge in [0.1, 0.15) is 5.82 Å². The van der Waals surface area contributed by atoms with Gasteiger partial charge in [0.15, 0.2) is 0 Å². The Morgan fingerprint density at radius 3 is 2.80 bits per heavy atom. The normalized spacial score (nSPS) is 14.3. The Balaban J connectivity index is 1.83. The molecule has 1 heterocycles. The molecule has 0 unspecified atom stereocenters. The first-order valence-electron chi connectivity index (χ1n) is 6.47. The highest BCUT2D eigenvalue weighted by atomic mass is 32.1. The van der Waals surface area contributed by atoms with E-state index < -0.39 is 5.82 Å². The van der Waals surface area contributed by atoms with Crippen molar-refractivity contribution in [3.05, 3.63) is 52.0 Å². The Bertz CT molecular complexity index is 623. The topological polar surface area (TPSA) is 20.3 Å². The van der Waals surface area contributed by atoms with Gasteiger partial charge in [0, 0.05) is 21.4 Å². The zero-order chi connectivity index (χ0) is 14.1. The number of benzene rings is 1. The second kappa shape index (κ2) is 5.58. The molecule has 0 N–H and O–H groups in total. The summed E-state index contributed by atoms with van der Waals surface area (Å²) < 4.78 is 13.2. The number of amides is 1. The summed E-state index contributed by atoms with van der Waals surface area (Å²) in [6.07, 6.45) is 2.10. The van der Waals surface area contributed by atoms with Crippen molar-refractivity contribution in [3.8, 4) is 0 Å². The van der Waals surface area contributed by atoms with E-state index in [2.05, 4.69) is 12.6 Å². The molecule has 0 radical (unpaired) electrons.